The number of amidine groups is 1. The first-order chi connectivity index (χ1) is 10.1. The fourth-order valence-electron chi connectivity index (χ4n) is 1.94. The highest BCUT2D eigenvalue weighted by Crippen LogP contribution is 2.33. The first kappa shape index (κ1) is 13.5. The summed E-state index contributed by atoms with van der Waals surface area (Å²) in [5.74, 6) is -0.232. The van der Waals surface area contributed by atoms with Gasteiger partial charge in [-0.3, -0.25) is 10.4 Å². The maximum absolute atomic E-state index is 12.9. The van der Waals surface area contributed by atoms with Gasteiger partial charge in [-0.1, -0.05) is 12.1 Å². The molecule has 0 saturated carbocycles. The Hall–Kier alpha value is -2.53. The van der Waals surface area contributed by atoms with Crippen molar-refractivity contribution in [2.24, 2.45) is 5.73 Å². The van der Waals surface area contributed by atoms with E-state index in [9.17, 15) is 4.39 Å². The first-order valence-corrected chi connectivity index (χ1v) is 7.12. The number of thiophene rings is 1. The molecule has 0 fully saturated rings. The van der Waals surface area contributed by atoms with Crippen LogP contribution in [0.3, 0.4) is 0 Å². The average Bonchev–Trinajstić information content (AvgIpc) is 2.98. The van der Waals surface area contributed by atoms with Crippen molar-refractivity contribution in [2.75, 3.05) is 0 Å². The second kappa shape index (κ2) is 5.46. The lowest BCUT2D eigenvalue weighted by molar-refractivity contribution is 0.628. The normalized spacial score (nSPS) is 10.5. The van der Waals surface area contributed by atoms with Gasteiger partial charge in [-0.15, -0.1) is 11.3 Å². The van der Waals surface area contributed by atoms with Crippen molar-refractivity contribution >= 4 is 17.2 Å². The molecule has 0 aliphatic carbocycles. The number of nitrogen functional groups attached to an aromatic ring is 1. The molecule has 0 spiro atoms. The molecule has 0 radical (unpaired) electrons. The number of benzene rings is 1. The van der Waals surface area contributed by atoms with Gasteiger partial charge in [0.2, 0.25) is 0 Å². The Balaban J connectivity index is 1.90. The summed E-state index contributed by atoms with van der Waals surface area (Å²) in [7, 11) is 0. The van der Waals surface area contributed by atoms with Crippen LogP contribution in [0.5, 0.6) is 0 Å². The number of rotatable bonds is 3. The molecule has 0 amide bonds. The predicted octanol–water partition coefficient (Wildman–Crippen LogP) is 3.90. The molecule has 3 aromatic rings. The van der Waals surface area contributed by atoms with Crippen LogP contribution in [0.4, 0.5) is 4.39 Å². The third-order valence-electron chi connectivity index (χ3n) is 3.06. The molecule has 21 heavy (non-hydrogen) atoms. The molecule has 0 saturated heterocycles. The molecular formula is C16H12FN3S. The number of hydrogen-bond donors (Lipinski definition) is 2. The van der Waals surface area contributed by atoms with Gasteiger partial charge in [0.15, 0.2) is 0 Å². The Kier molecular flexibility index (Phi) is 3.50. The van der Waals surface area contributed by atoms with E-state index in [2.05, 4.69) is 4.98 Å². The third kappa shape index (κ3) is 2.83. The number of aromatic nitrogens is 1. The summed E-state index contributed by atoms with van der Waals surface area (Å²) in [6, 6.07) is 14.0. The van der Waals surface area contributed by atoms with Gasteiger partial charge in [-0.05, 0) is 42.0 Å². The van der Waals surface area contributed by atoms with Crippen molar-refractivity contribution in [2.45, 2.75) is 0 Å². The molecule has 3 nitrogen and oxygen atoms in total. The Bertz CT molecular complexity index is 776. The SMILES string of the molecule is N=C(N)c1ccc(-c2ccc(-c3ccc(F)cc3)s2)nc1. The zero-order valence-electron chi connectivity index (χ0n) is 11.0. The van der Waals surface area contributed by atoms with Gasteiger partial charge in [0.25, 0.3) is 0 Å². The van der Waals surface area contributed by atoms with Crippen molar-refractivity contribution in [3.63, 3.8) is 0 Å². The summed E-state index contributed by atoms with van der Waals surface area (Å²) < 4.78 is 12.9. The predicted molar refractivity (Wildman–Crippen MR) is 84.0 cm³/mol. The van der Waals surface area contributed by atoms with Gasteiger partial charge < -0.3 is 5.73 Å². The highest BCUT2D eigenvalue weighted by atomic mass is 32.1. The van der Waals surface area contributed by atoms with Gasteiger partial charge in [0.05, 0.1) is 10.6 Å². The molecule has 3 rings (SSSR count). The highest BCUT2D eigenvalue weighted by Gasteiger charge is 2.07. The van der Waals surface area contributed by atoms with Crippen LogP contribution in [0.25, 0.3) is 21.0 Å². The average molecular weight is 297 g/mol. The van der Waals surface area contributed by atoms with E-state index in [1.807, 2.05) is 18.2 Å². The van der Waals surface area contributed by atoms with Gasteiger partial charge in [0.1, 0.15) is 11.7 Å². The summed E-state index contributed by atoms with van der Waals surface area (Å²) in [4.78, 5) is 6.40. The molecule has 2 aromatic heterocycles. The van der Waals surface area contributed by atoms with Gasteiger partial charge in [-0.25, -0.2) is 4.39 Å². The molecule has 0 aliphatic rings. The Labute approximate surface area is 125 Å². The van der Waals surface area contributed by atoms with Crippen molar-refractivity contribution in [1.29, 1.82) is 5.41 Å². The molecule has 5 heteroatoms. The number of pyridine rings is 1. The number of halogens is 1. The minimum atomic E-state index is -0.239. The highest BCUT2D eigenvalue weighted by molar-refractivity contribution is 7.18. The lowest BCUT2D eigenvalue weighted by Crippen LogP contribution is -2.10. The Morgan fingerprint density at radius 2 is 1.71 bits per heavy atom. The zero-order chi connectivity index (χ0) is 14.8. The van der Waals surface area contributed by atoms with E-state index < -0.39 is 0 Å². The number of nitrogens with two attached hydrogens (primary N) is 1. The molecule has 0 aliphatic heterocycles. The summed E-state index contributed by atoms with van der Waals surface area (Å²) in [5, 5.41) is 7.35. The molecule has 0 bridgehead atoms. The third-order valence-corrected chi connectivity index (χ3v) is 4.22. The van der Waals surface area contributed by atoms with Crippen LogP contribution in [-0.2, 0) is 0 Å². The molecule has 1 aromatic carbocycles. The largest absolute Gasteiger partial charge is 0.384 e. The summed E-state index contributed by atoms with van der Waals surface area (Å²) in [6.07, 6.45) is 1.59. The van der Waals surface area contributed by atoms with E-state index in [1.165, 1.54) is 12.1 Å². The topological polar surface area (TPSA) is 62.8 Å². The molecular weight excluding hydrogens is 285 g/mol. The Morgan fingerprint density at radius 3 is 2.33 bits per heavy atom. The molecule has 2 heterocycles. The summed E-state index contributed by atoms with van der Waals surface area (Å²) >= 11 is 1.59. The van der Waals surface area contributed by atoms with Crippen LogP contribution < -0.4 is 5.73 Å². The first-order valence-electron chi connectivity index (χ1n) is 6.30. The van der Waals surface area contributed by atoms with Crippen molar-refractivity contribution < 1.29 is 4.39 Å². The lowest BCUT2D eigenvalue weighted by Gasteiger charge is -2.00. The maximum Gasteiger partial charge on any atom is 0.124 e. The van der Waals surface area contributed by atoms with Crippen LogP contribution in [-0.4, -0.2) is 10.8 Å². The van der Waals surface area contributed by atoms with Crippen molar-refractivity contribution in [3.05, 3.63) is 66.1 Å². The second-order valence-electron chi connectivity index (χ2n) is 4.52. The smallest absolute Gasteiger partial charge is 0.124 e. The quantitative estimate of drug-likeness (QED) is 0.569. The molecule has 0 atom stereocenters. The summed E-state index contributed by atoms with van der Waals surface area (Å²) in [6.45, 7) is 0. The standard InChI is InChI=1S/C16H12FN3S/c17-12-4-1-10(2-5-12)14-7-8-15(21-14)13-6-3-11(9-20-13)16(18)19/h1-9H,(H3,18,19). The fraction of sp³-hybridized carbons (Fsp3) is 0. The lowest BCUT2D eigenvalue weighted by atomic mass is 10.2. The van der Waals surface area contributed by atoms with Gasteiger partial charge >= 0.3 is 0 Å². The molecule has 104 valence electrons. The van der Waals surface area contributed by atoms with E-state index in [-0.39, 0.29) is 11.7 Å². The van der Waals surface area contributed by atoms with Gasteiger partial charge in [-0.2, -0.15) is 0 Å². The van der Waals surface area contributed by atoms with Crippen LogP contribution in [0.15, 0.2) is 54.7 Å². The fourth-order valence-corrected chi connectivity index (χ4v) is 2.93. The van der Waals surface area contributed by atoms with Crippen molar-refractivity contribution in [3.8, 4) is 21.0 Å². The molecule has 3 N–H and O–H groups in total. The van der Waals surface area contributed by atoms with Crippen molar-refractivity contribution in [1.82, 2.24) is 4.98 Å². The van der Waals surface area contributed by atoms with E-state index in [0.29, 0.717) is 5.56 Å². The van der Waals surface area contributed by atoms with E-state index in [1.54, 1.807) is 35.7 Å². The minimum Gasteiger partial charge on any atom is -0.384 e. The van der Waals surface area contributed by atoms with Gasteiger partial charge in [0, 0.05) is 16.6 Å². The van der Waals surface area contributed by atoms with Crippen LogP contribution >= 0.6 is 11.3 Å². The second-order valence-corrected chi connectivity index (χ2v) is 5.60. The zero-order valence-corrected chi connectivity index (χ0v) is 11.8. The Morgan fingerprint density at radius 1 is 1.00 bits per heavy atom. The maximum atomic E-state index is 12.9. The van der Waals surface area contributed by atoms with E-state index in [4.69, 9.17) is 11.1 Å². The molecule has 0 unspecified atom stereocenters. The van der Waals surface area contributed by atoms with Crippen LogP contribution in [0.1, 0.15) is 5.56 Å². The van der Waals surface area contributed by atoms with E-state index >= 15 is 0 Å². The van der Waals surface area contributed by atoms with Crippen LogP contribution in [0.2, 0.25) is 0 Å². The number of nitrogens with zero attached hydrogens (tertiary/aromatic N) is 1. The minimum absolute atomic E-state index is 0.00670. The van der Waals surface area contributed by atoms with Crippen LogP contribution in [0, 0.1) is 11.2 Å². The summed E-state index contributed by atoms with van der Waals surface area (Å²) in [5.41, 5.74) is 7.83. The number of hydrogen-bond acceptors (Lipinski definition) is 3. The number of nitrogens with one attached hydrogen (secondary N) is 1. The van der Waals surface area contributed by atoms with E-state index in [0.717, 1.165) is 21.0 Å². The monoisotopic (exact) mass is 297 g/mol.